The van der Waals surface area contributed by atoms with Gasteiger partial charge in [0.1, 0.15) is 11.6 Å². The lowest BCUT2D eigenvalue weighted by molar-refractivity contribution is -0.136. The summed E-state index contributed by atoms with van der Waals surface area (Å²) in [6.45, 7) is 1.78. The summed E-state index contributed by atoms with van der Waals surface area (Å²) >= 11 is 5.70. The predicted octanol–water partition coefficient (Wildman–Crippen LogP) is 2.21. The summed E-state index contributed by atoms with van der Waals surface area (Å²) in [6.07, 6.45) is 3.11. The van der Waals surface area contributed by atoms with E-state index in [-0.39, 0.29) is 23.6 Å². The first-order chi connectivity index (χ1) is 10.1. The Kier molecular flexibility index (Phi) is 4.31. The van der Waals surface area contributed by atoms with Gasteiger partial charge in [-0.25, -0.2) is 4.39 Å². The highest BCUT2D eigenvalue weighted by Crippen LogP contribution is 2.28. The molecule has 2 fully saturated rings. The highest BCUT2D eigenvalue weighted by molar-refractivity contribution is 6.30. The lowest BCUT2D eigenvalue weighted by atomic mass is 10.1. The van der Waals surface area contributed by atoms with E-state index >= 15 is 0 Å². The molecule has 2 unspecified atom stereocenters. The van der Waals surface area contributed by atoms with Gasteiger partial charge in [-0.1, -0.05) is 11.6 Å². The zero-order valence-electron chi connectivity index (χ0n) is 11.6. The van der Waals surface area contributed by atoms with E-state index in [0.717, 1.165) is 32.4 Å². The molecule has 0 aliphatic carbocycles. The van der Waals surface area contributed by atoms with Crippen LogP contribution < -0.4 is 10.1 Å². The molecule has 3 rings (SSSR count). The molecule has 1 amide bonds. The molecular formula is C15H18ClFN2O2. The minimum absolute atomic E-state index is 0.000934. The van der Waals surface area contributed by atoms with Gasteiger partial charge >= 0.3 is 0 Å². The molecule has 6 heteroatoms. The van der Waals surface area contributed by atoms with Crippen molar-refractivity contribution in [2.75, 3.05) is 19.7 Å². The van der Waals surface area contributed by atoms with Crippen LogP contribution in [0.1, 0.15) is 19.3 Å². The number of hydrogen-bond donors (Lipinski definition) is 1. The zero-order valence-corrected chi connectivity index (χ0v) is 12.4. The van der Waals surface area contributed by atoms with Crippen molar-refractivity contribution in [3.63, 3.8) is 0 Å². The van der Waals surface area contributed by atoms with Gasteiger partial charge < -0.3 is 15.0 Å². The molecule has 1 aromatic carbocycles. The maximum Gasteiger partial charge on any atom is 0.261 e. The van der Waals surface area contributed by atoms with E-state index in [2.05, 4.69) is 5.32 Å². The Hall–Kier alpha value is -1.33. The molecule has 1 aromatic rings. The fourth-order valence-electron chi connectivity index (χ4n) is 3.18. The van der Waals surface area contributed by atoms with Crippen LogP contribution in [0.3, 0.4) is 0 Å². The second-order valence-corrected chi connectivity index (χ2v) is 5.95. The van der Waals surface area contributed by atoms with Crippen molar-refractivity contribution in [1.29, 1.82) is 0 Å². The highest BCUT2D eigenvalue weighted by Gasteiger charge is 2.37. The van der Waals surface area contributed by atoms with Gasteiger partial charge in [0, 0.05) is 24.7 Å². The molecule has 2 heterocycles. The maximum atomic E-state index is 13.1. The van der Waals surface area contributed by atoms with E-state index < -0.39 is 5.82 Å². The van der Waals surface area contributed by atoms with Crippen LogP contribution in [0.5, 0.6) is 5.75 Å². The molecule has 0 radical (unpaired) electrons. The van der Waals surface area contributed by atoms with Gasteiger partial charge in [-0.15, -0.1) is 0 Å². The van der Waals surface area contributed by atoms with Crippen molar-refractivity contribution in [2.45, 2.75) is 31.3 Å². The van der Waals surface area contributed by atoms with Gasteiger partial charge in [0.05, 0.1) is 5.02 Å². The smallest absolute Gasteiger partial charge is 0.261 e. The standard InChI is InChI=1S/C15H18ClFN2O2/c16-13-7-12(3-4-14(13)17)21-9-15(20)19-10-1-2-11(19)8-18-6-5-10/h3-4,7,10-11,18H,1-2,5-6,8-9H2. The van der Waals surface area contributed by atoms with Crippen LogP contribution in [0, 0.1) is 5.82 Å². The molecule has 0 spiro atoms. The third-order valence-corrected chi connectivity index (χ3v) is 4.49. The summed E-state index contributed by atoms with van der Waals surface area (Å²) in [5, 5.41) is 3.36. The summed E-state index contributed by atoms with van der Waals surface area (Å²) in [6, 6.07) is 4.70. The first kappa shape index (κ1) is 14.6. The van der Waals surface area contributed by atoms with Crippen LogP contribution in [-0.4, -0.2) is 42.6 Å². The molecule has 4 nitrogen and oxygen atoms in total. The van der Waals surface area contributed by atoms with Gasteiger partial charge in [0.25, 0.3) is 5.91 Å². The fourth-order valence-corrected chi connectivity index (χ4v) is 3.35. The van der Waals surface area contributed by atoms with E-state index in [1.807, 2.05) is 4.90 Å². The second-order valence-electron chi connectivity index (χ2n) is 5.54. The molecule has 21 heavy (non-hydrogen) atoms. The van der Waals surface area contributed by atoms with E-state index in [1.54, 1.807) is 0 Å². The van der Waals surface area contributed by atoms with Crippen molar-refractivity contribution >= 4 is 17.5 Å². The Morgan fingerprint density at radius 1 is 1.38 bits per heavy atom. The fraction of sp³-hybridized carbons (Fsp3) is 0.533. The van der Waals surface area contributed by atoms with Gasteiger partial charge in [-0.05, 0) is 37.9 Å². The largest absolute Gasteiger partial charge is 0.484 e. The van der Waals surface area contributed by atoms with Gasteiger partial charge in [0.15, 0.2) is 6.61 Å². The summed E-state index contributed by atoms with van der Waals surface area (Å²) in [5.41, 5.74) is 0. The van der Waals surface area contributed by atoms with Gasteiger partial charge in [0.2, 0.25) is 0 Å². The molecule has 2 aliphatic rings. The van der Waals surface area contributed by atoms with Gasteiger partial charge in [-0.3, -0.25) is 4.79 Å². The Balaban J connectivity index is 1.62. The number of nitrogens with zero attached hydrogens (tertiary/aromatic N) is 1. The lowest BCUT2D eigenvalue weighted by Gasteiger charge is -2.27. The Labute approximate surface area is 128 Å². The van der Waals surface area contributed by atoms with Gasteiger partial charge in [-0.2, -0.15) is 0 Å². The number of carbonyl (C=O) groups is 1. The zero-order chi connectivity index (χ0) is 14.8. The lowest BCUT2D eigenvalue weighted by Crippen LogP contribution is -2.44. The number of carbonyl (C=O) groups excluding carboxylic acids is 1. The van der Waals surface area contributed by atoms with E-state index in [0.29, 0.717) is 11.8 Å². The Morgan fingerprint density at radius 3 is 3.00 bits per heavy atom. The van der Waals surface area contributed by atoms with Crippen LogP contribution >= 0.6 is 11.6 Å². The molecule has 0 aromatic heterocycles. The number of benzene rings is 1. The molecule has 0 saturated carbocycles. The average Bonchev–Trinajstić information content (AvgIpc) is 2.73. The molecule has 114 valence electrons. The molecular weight excluding hydrogens is 295 g/mol. The first-order valence-electron chi connectivity index (χ1n) is 7.25. The van der Waals surface area contributed by atoms with E-state index in [9.17, 15) is 9.18 Å². The van der Waals surface area contributed by atoms with Crippen molar-refractivity contribution in [3.05, 3.63) is 29.0 Å². The van der Waals surface area contributed by atoms with Crippen LogP contribution in [0.2, 0.25) is 5.02 Å². The topological polar surface area (TPSA) is 41.6 Å². The Morgan fingerprint density at radius 2 is 2.19 bits per heavy atom. The number of halogens is 2. The molecule has 2 saturated heterocycles. The van der Waals surface area contributed by atoms with Crippen LogP contribution in [0.15, 0.2) is 18.2 Å². The normalized spacial score (nSPS) is 24.8. The molecule has 2 bridgehead atoms. The molecule has 2 aliphatic heterocycles. The maximum absolute atomic E-state index is 13.1. The summed E-state index contributed by atoms with van der Waals surface area (Å²) < 4.78 is 18.5. The number of amides is 1. The second kappa shape index (κ2) is 6.20. The van der Waals surface area contributed by atoms with Crippen molar-refractivity contribution in [3.8, 4) is 5.75 Å². The van der Waals surface area contributed by atoms with Crippen molar-refractivity contribution in [1.82, 2.24) is 10.2 Å². The number of nitrogens with one attached hydrogen (secondary N) is 1. The minimum atomic E-state index is -0.494. The number of rotatable bonds is 3. The van der Waals surface area contributed by atoms with Crippen LogP contribution in [0.25, 0.3) is 0 Å². The van der Waals surface area contributed by atoms with Crippen LogP contribution in [0.4, 0.5) is 4.39 Å². The highest BCUT2D eigenvalue weighted by atomic mass is 35.5. The first-order valence-corrected chi connectivity index (χ1v) is 7.62. The predicted molar refractivity (Wildman–Crippen MR) is 78.0 cm³/mol. The number of hydrogen-bond acceptors (Lipinski definition) is 3. The number of fused-ring (bicyclic) bond motifs is 2. The monoisotopic (exact) mass is 312 g/mol. The molecule has 1 N–H and O–H groups in total. The third-order valence-electron chi connectivity index (χ3n) is 4.20. The van der Waals surface area contributed by atoms with Crippen molar-refractivity contribution < 1.29 is 13.9 Å². The van der Waals surface area contributed by atoms with E-state index in [4.69, 9.17) is 16.3 Å². The summed E-state index contributed by atoms with van der Waals surface area (Å²) in [7, 11) is 0. The van der Waals surface area contributed by atoms with E-state index in [1.165, 1.54) is 18.2 Å². The third kappa shape index (κ3) is 3.14. The summed E-state index contributed by atoms with van der Waals surface area (Å²) in [4.78, 5) is 14.4. The Bertz CT molecular complexity index is 526. The van der Waals surface area contributed by atoms with Crippen LogP contribution in [-0.2, 0) is 4.79 Å². The summed E-state index contributed by atoms with van der Waals surface area (Å²) in [5.74, 6) is -0.0892. The molecule has 2 atom stereocenters. The number of ether oxygens (including phenoxy) is 1. The SMILES string of the molecule is O=C(COc1ccc(F)c(Cl)c1)N1C2CCNCC1CC2. The van der Waals surface area contributed by atoms with Crippen molar-refractivity contribution in [2.24, 2.45) is 0 Å². The average molecular weight is 313 g/mol. The quantitative estimate of drug-likeness (QED) is 0.930. The minimum Gasteiger partial charge on any atom is -0.484 e.